The van der Waals surface area contributed by atoms with Crippen LogP contribution in [0.5, 0.6) is 0 Å². The first-order chi connectivity index (χ1) is 14.1. The molecule has 1 aromatic heterocycles. The summed E-state index contributed by atoms with van der Waals surface area (Å²) in [6.07, 6.45) is 7.37. The zero-order chi connectivity index (χ0) is 20.2. The fourth-order valence-electron chi connectivity index (χ4n) is 4.35. The molecule has 2 aromatic rings. The Bertz CT molecular complexity index is 862. The second kappa shape index (κ2) is 9.22. The van der Waals surface area contributed by atoms with Gasteiger partial charge in [0.2, 0.25) is 5.91 Å². The summed E-state index contributed by atoms with van der Waals surface area (Å²) >= 11 is 1.72. The van der Waals surface area contributed by atoms with Crippen LogP contribution in [0.15, 0.2) is 18.2 Å². The summed E-state index contributed by atoms with van der Waals surface area (Å²) in [5.41, 5.74) is 3.11. The number of hydrogen-bond acceptors (Lipinski definition) is 5. The summed E-state index contributed by atoms with van der Waals surface area (Å²) in [5.74, 6) is 0.278. The van der Waals surface area contributed by atoms with Crippen molar-refractivity contribution in [3.8, 4) is 11.3 Å². The van der Waals surface area contributed by atoms with Crippen molar-refractivity contribution in [1.82, 2.24) is 10.3 Å². The Kier molecular flexibility index (Phi) is 6.45. The van der Waals surface area contributed by atoms with E-state index in [1.54, 1.807) is 23.5 Å². The smallest absolute Gasteiger partial charge is 0.245 e. The highest BCUT2D eigenvalue weighted by Gasteiger charge is 2.24. The van der Waals surface area contributed by atoms with Crippen LogP contribution in [0.3, 0.4) is 0 Å². The summed E-state index contributed by atoms with van der Waals surface area (Å²) in [6.45, 7) is 0.849. The molecule has 2 aliphatic rings. The molecule has 1 aromatic carbocycles. The Labute approximate surface area is 175 Å². The molecule has 2 N–H and O–H groups in total. The number of thiazole rings is 1. The van der Waals surface area contributed by atoms with E-state index < -0.39 is 0 Å². The zero-order valence-electron chi connectivity index (χ0n) is 16.8. The van der Waals surface area contributed by atoms with Gasteiger partial charge >= 0.3 is 0 Å². The van der Waals surface area contributed by atoms with Crippen LogP contribution in [0, 0.1) is 11.7 Å². The van der Waals surface area contributed by atoms with Crippen molar-refractivity contribution in [2.75, 3.05) is 25.6 Å². The van der Waals surface area contributed by atoms with Crippen molar-refractivity contribution in [3.05, 3.63) is 34.5 Å². The molecular weight excluding hydrogens is 389 g/mol. The van der Waals surface area contributed by atoms with E-state index in [1.807, 2.05) is 6.07 Å². The largest absolute Gasteiger partial charge is 0.375 e. The summed E-state index contributed by atoms with van der Waals surface area (Å²) < 4.78 is 18.7. The molecule has 0 radical (unpaired) electrons. The van der Waals surface area contributed by atoms with Gasteiger partial charge in [0, 0.05) is 30.1 Å². The van der Waals surface area contributed by atoms with E-state index in [-0.39, 0.29) is 18.3 Å². The number of halogens is 1. The number of rotatable bonds is 6. The number of nitrogens with zero attached hydrogens (tertiary/aromatic N) is 1. The lowest BCUT2D eigenvalue weighted by Crippen LogP contribution is -2.35. The van der Waals surface area contributed by atoms with Crippen LogP contribution in [-0.2, 0) is 22.4 Å². The van der Waals surface area contributed by atoms with E-state index in [0.717, 1.165) is 67.9 Å². The van der Waals surface area contributed by atoms with Gasteiger partial charge in [0.05, 0.1) is 5.69 Å². The summed E-state index contributed by atoms with van der Waals surface area (Å²) in [6, 6.07) is 5.49. The van der Waals surface area contributed by atoms with Crippen molar-refractivity contribution in [2.24, 2.45) is 5.92 Å². The van der Waals surface area contributed by atoms with Gasteiger partial charge in [-0.1, -0.05) is 6.07 Å². The molecule has 0 unspecified atom stereocenters. The predicted octanol–water partition coefficient (Wildman–Crippen LogP) is 4.17. The third kappa shape index (κ3) is 4.95. The van der Waals surface area contributed by atoms with E-state index in [4.69, 9.17) is 9.72 Å². The van der Waals surface area contributed by atoms with Crippen LogP contribution in [0.25, 0.3) is 11.3 Å². The molecule has 0 bridgehead atoms. The molecule has 2 aliphatic carbocycles. The zero-order valence-corrected chi connectivity index (χ0v) is 17.6. The van der Waals surface area contributed by atoms with Crippen molar-refractivity contribution in [1.29, 1.82) is 0 Å². The highest BCUT2D eigenvalue weighted by Crippen LogP contribution is 2.38. The lowest BCUT2D eigenvalue weighted by Gasteiger charge is -2.29. The fourth-order valence-corrected chi connectivity index (χ4v) is 5.44. The number of ether oxygens (including phenoxy) is 1. The number of nitrogens with one attached hydrogen (secondary N) is 2. The summed E-state index contributed by atoms with van der Waals surface area (Å²) in [7, 11) is 1.53. The van der Waals surface area contributed by atoms with Crippen LogP contribution < -0.4 is 10.6 Å². The number of aryl methyl sites for hydroxylation is 2. The minimum absolute atomic E-state index is 0.0475. The van der Waals surface area contributed by atoms with E-state index in [0.29, 0.717) is 12.0 Å². The van der Waals surface area contributed by atoms with Crippen molar-refractivity contribution < 1.29 is 13.9 Å². The third-order valence-electron chi connectivity index (χ3n) is 5.91. The molecule has 0 aliphatic heterocycles. The van der Waals surface area contributed by atoms with Crippen LogP contribution in [0.4, 0.5) is 9.52 Å². The molecule has 0 spiro atoms. The van der Waals surface area contributed by atoms with Crippen LogP contribution in [0.2, 0.25) is 0 Å². The maximum absolute atomic E-state index is 13.8. The minimum atomic E-state index is -0.199. The van der Waals surface area contributed by atoms with Crippen molar-refractivity contribution >= 4 is 22.4 Å². The molecule has 0 saturated heterocycles. The first-order valence-electron chi connectivity index (χ1n) is 10.4. The Morgan fingerprint density at radius 1 is 1.28 bits per heavy atom. The molecule has 1 saturated carbocycles. The molecule has 7 heteroatoms. The first-order valence-corrected chi connectivity index (χ1v) is 11.2. The van der Waals surface area contributed by atoms with Gasteiger partial charge in [0.25, 0.3) is 0 Å². The van der Waals surface area contributed by atoms with Crippen LogP contribution >= 0.6 is 11.3 Å². The summed E-state index contributed by atoms with van der Waals surface area (Å²) in [4.78, 5) is 17.7. The fraction of sp³-hybridized carbons (Fsp3) is 0.545. The number of amides is 1. The predicted molar refractivity (Wildman–Crippen MR) is 114 cm³/mol. The van der Waals surface area contributed by atoms with Gasteiger partial charge in [-0.15, -0.1) is 11.3 Å². The highest BCUT2D eigenvalue weighted by molar-refractivity contribution is 7.16. The number of carbonyl (C=O) groups excluding carboxylic acids is 1. The Morgan fingerprint density at radius 2 is 2.10 bits per heavy atom. The number of carbonyl (C=O) groups is 1. The monoisotopic (exact) mass is 417 g/mol. The number of fused-ring (bicyclic) bond motifs is 3. The Balaban J connectivity index is 1.35. The molecule has 0 atom stereocenters. The number of aromatic nitrogens is 1. The van der Waals surface area contributed by atoms with Gasteiger partial charge in [-0.05, 0) is 68.6 Å². The quantitative estimate of drug-likeness (QED) is 0.740. The Hall–Kier alpha value is -1.99. The molecule has 156 valence electrons. The second-order valence-electron chi connectivity index (χ2n) is 8.04. The highest BCUT2D eigenvalue weighted by atomic mass is 32.1. The molecule has 5 nitrogen and oxygen atoms in total. The van der Waals surface area contributed by atoms with Gasteiger partial charge < -0.3 is 15.4 Å². The van der Waals surface area contributed by atoms with Gasteiger partial charge in [0.15, 0.2) is 5.13 Å². The van der Waals surface area contributed by atoms with E-state index in [9.17, 15) is 9.18 Å². The van der Waals surface area contributed by atoms with Crippen molar-refractivity contribution in [3.63, 3.8) is 0 Å². The maximum atomic E-state index is 13.8. The van der Waals surface area contributed by atoms with Crippen LogP contribution in [0.1, 0.15) is 42.5 Å². The average Bonchev–Trinajstić information content (AvgIpc) is 3.03. The second-order valence-corrected chi connectivity index (χ2v) is 9.13. The van der Waals surface area contributed by atoms with Gasteiger partial charge in [-0.3, -0.25) is 4.79 Å². The van der Waals surface area contributed by atoms with Crippen LogP contribution in [-0.4, -0.2) is 37.2 Å². The van der Waals surface area contributed by atoms with E-state index in [1.165, 1.54) is 17.6 Å². The number of methoxy groups -OCH3 is 1. The summed E-state index contributed by atoms with van der Waals surface area (Å²) in [5, 5.41) is 7.51. The van der Waals surface area contributed by atoms with E-state index >= 15 is 0 Å². The van der Waals surface area contributed by atoms with Gasteiger partial charge in [-0.2, -0.15) is 0 Å². The molecule has 4 rings (SSSR count). The molecule has 1 heterocycles. The lowest BCUT2D eigenvalue weighted by molar-refractivity contribution is -0.124. The van der Waals surface area contributed by atoms with E-state index in [2.05, 4.69) is 10.6 Å². The normalized spacial score (nSPS) is 21.0. The molecule has 29 heavy (non-hydrogen) atoms. The third-order valence-corrected chi connectivity index (χ3v) is 6.96. The van der Waals surface area contributed by atoms with Crippen molar-refractivity contribution in [2.45, 2.75) is 51.0 Å². The van der Waals surface area contributed by atoms with Gasteiger partial charge in [0.1, 0.15) is 12.4 Å². The topological polar surface area (TPSA) is 63.2 Å². The number of hydrogen-bond donors (Lipinski definition) is 2. The first kappa shape index (κ1) is 20.3. The lowest BCUT2D eigenvalue weighted by atomic mass is 9.86. The standard InChI is InChI=1S/C22H28FN3O2S/c1-28-13-20(27)24-12-14-5-9-17(10-6-14)25-22-26-21-18-11-16(23)8-7-15(18)3-2-4-19(21)29-22/h7-8,11,14,17H,2-6,9-10,12-13H2,1H3,(H,24,27)(H,25,26)/t14-,17-. The average molecular weight is 418 g/mol. The Morgan fingerprint density at radius 3 is 2.90 bits per heavy atom. The minimum Gasteiger partial charge on any atom is -0.375 e. The molecule has 1 fully saturated rings. The SMILES string of the molecule is COCC(=O)NC[C@H]1CC[C@H](Nc2nc3c(s2)CCCc2ccc(F)cc2-3)CC1. The number of anilines is 1. The maximum Gasteiger partial charge on any atom is 0.245 e. The molecular formula is C22H28FN3O2S. The molecule has 1 amide bonds. The number of benzene rings is 1. The van der Waals surface area contributed by atoms with Gasteiger partial charge in [-0.25, -0.2) is 9.37 Å².